The molecule has 1 atom stereocenters. The van der Waals surface area contributed by atoms with Crippen molar-refractivity contribution < 1.29 is 0 Å². The number of nitrogens with zero attached hydrogens (tertiary/aromatic N) is 1. The largest absolute Gasteiger partial charge is 0.269 e. The highest BCUT2D eigenvalue weighted by atomic mass is 15.4. The van der Waals surface area contributed by atoms with Gasteiger partial charge in [-0.2, -0.15) is 0 Å². The second-order valence-electron chi connectivity index (χ2n) is 3.94. The smallest absolute Gasteiger partial charge is 0.0125 e. The van der Waals surface area contributed by atoms with Crippen LogP contribution >= 0.6 is 0 Å². The van der Waals surface area contributed by atoms with Gasteiger partial charge < -0.3 is 0 Å². The zero-order valence-electron chi connectivity index (χ0n) is 7.71. The fourth-order valence-electron chi connectivity index (χ4n) is 1.56. The van der Waals surface area contributed by atoms with E-state index in [2.05, 4.69) is 6.92 Å². The van der Waals surface area contributed by atoms with E-state index in [-0.39, 0.29) is 0 Å². The van der Waals surface area contributed by atoms with E-state index < -0.39 is 0 Å². The predicted molar refractivity (Wildman–Crippen MR) is 47.9 cm³/mol. The predicted octanol–water partition coefficient (Wildman–Crippen LogP) is 1.62. The van der Waals surface area contributed by atoms with E-state index in [1.54, 1.807) is 5.01 Å². The summed E-state index contributed by atoms with van der Waals surface area (Å²) in [7, 11) is 1.93. The molecular formula is C9H20N2. The van der Waals surface area contributed by atoms with Crippen molar-refractivity contribution in [3.05, 3.63) is 0 Å². The molecule has 1 aliphatic rings. The lowest BCUT2D eigenvalue weighted by molar-refractivity contribution is 0.320. The Morgan fingerprint density at radius 1 is 1.55 bits per heavy atom. The van der Waals surface area contributed by atoms with Crippen molar-refractivity contribution >= 4 is 0 Å². The SMILES string of the molecule is CC(CCCN(C)N)C1CC1. The molecule has 1 fully saturated rings. The van der Waals surface area contributed by atoms with Crippen LogP contribution in [0.4, 0.5) is 0 Å². The Bertz CT molecular complexity index is 108. The first kappa shape index (κ1) is 9.01. The molecule has 66 valence electrons. The molecule has 0 aliphatic heterocycles. The average Bonchev–Trinajstić information content (AvgIpc) is 2.66. The molecule has 0 spiro atoms. The third-order valence-corrected chi connectivity index (χ3v) is 2.60. The minimum atomic E-state index is 0.940. The van der Waals surface area contributed by atoms with Crippen molar-refractivity contribution in [2.24, 2.45) is 17.7 Å². The Morgan fingerprint density at radius 2 is 2.18 bits per heavy atom. The van der Waals surface area contributed by atoms with Crippen LogP contribution in [0.1, 0.15) is 32.6 Å². The summed E-state index contributed by atoms with van der Waals surface area (Å²) in [5.41, 5.74) is 0. The summed E-state index contributed by atoms with van der Waals surface area (Å²) in [5.74, 6) is 7.50. The summed E-state index contributed by atoms with van der Waals surface area (Å²) in [4.78, 5) is 0. The number of rotatable bonds is 5. The molecule has 2 heteroatoms. The first-order valence-corrected chi connectivity index (χ1v) is 4.66. The Morgan fingerprint density at radius 3 is 2.64 bits per heavy atom. The van der Waals surface area contributed by atoms with Crippen LogP contribution in [-0.4, -0.2) is 18.6 Å². The maximum atomic E-state index is 5.50. The van der Waals surface area contributed by atoms with Gasteiger partial charge >= 0.3 is 0 Å². The molecule has 0 radical (unpaired) electrons. The second-order valence-corrected chi connectivity index (χ2v) is 3.94. The molecule has 2 nitrogen and oxygen atoms in total. The summed E-state index contributed by atoms with van der Waals surface area (Å²) in [6, 6.07) is 0. The number of hydrogen-bond acceptors (Lipinski definition) is 2. The molecule has 0 amide bonds. The fourth-order valence-corrected chi connectivity index (χ4v) is 1.56. The highest BCUT2D eigenvalue weighted by Gasteiger charge is 2.26. The lowest BCUT2D eigenvalue weighted by Crippen LogP contribution is -2.27. The van der Waals surface area contributed by atoms with Crippen molar-refractivity contribution in [2.75, 3.05) is 13.6 Å². The van der Waals surface area contributed by atoms with Gasteiger partial charge in [-0.05, 0) is 37.5 Å². The summed E-state index contributed by atoms with van der Waals surface area (Å²) in [6.45, 7) is 3.41. The van der Waals surface area contributed by atoms with Crippen LogP contribution < -0.4 is 5.84 Å². The Labute approximate surface area is 69.7 Å². The minimum Gasteiger partial charge on any atom is -0.269 e. The van der Waals surface area contributed by atoms with Crippen molar-refractivity contribution in [3.8, 4) is 0 Å². The van der Waals surface area contributed by atoms with Gasteiger partial charge in [0, 0.05) is 13.6 Å². The van der Waals surface area contributed by atoms with Gasteiger partial charge in [0.15, 0.2) is 0 Å². The normalized spacial score (nSPS) is 20.7. The molecule has 0 heterocycles. The first-order chi connectivity index (χ1) is 5.20. The lowest BCUT2D eigenvalue weighted by Gasteiger charge is -2.12. The first-order valence-electron chi connectivity index (χ1n) is 4.66. The van der Waals surface area contributed by atoms with E-state index in [4.69, 9.17) is 5.84 Å². The quantitative estimate of drug-likeness (QED) is 0.484. The number of hydrazine groups is 1. The third kappa shape index (κ3) is 3.73. The molecule has 0 aromatic carbocycles. The molecular weight excluding hydrogens is 136 g/mol. The Hall–Kier alpha value is -0.0800. The van der Waals surface area contributed by atoms with Crippen molar-refractivity contribution in [3.63, 3.8) is 0 Å². The van der Waals surface area contributed by atoms with E-state index in [1.807, 2.05) is 7.05 Å². The van der Waals surface area contributed by atoms with Crippen LogP contribution in [0.3, 0.4) is 0 Å². The maximum absolute atomic E-state index is 5.50. The van der Waals surface area contributed by atoms with Crippen LogP contribution in [0.2, 0.25) is 0 Å². The second kappa shape index (κ2) is 4.07. The zero-order valence-corrected chi connectivity index (χ0v) is 7.71. The van der Waals surface area contributed by atoms with Gasteiger partial charge in [0.2, 0.25) is 0 Å². The summed E-state index contributed by atoms with van der Waals surface area (Å²) >= 11 is 0. The average molecular weight is 156 g/mol. The minimum absolute atomic E-state index is 0.940. The van der Waals surface area contributed by atoms with Crippen molar-refractivity contribution in [1.82, 2.24) is 5.01 Å². The molecule has 0 aromatic rings. The van der Waals surface area contributed by atoms with E-state index in [0.717, 1.165) is 18.4 Å². The van der Waals surface area contributed by atoms with E-state index >= 15 is 0 Å². The van der Waals surface area contributed by atoms with Gasteiger partial charge in [0.25, 0.3) is 0 Å². The molecule has 1 aliphatic carbocycles. The summed E-state index contributed by atoms with van der Waals surface area (Å²) in [5, 5.41) is 1.78. The van der Waals surface area contributed by atoms with Crippen molar-refractivity contribution in [2.45, 2.75) is 32.6 Å². The lowest BCUT2D eigenvalue weighted by atomic mass is 10.0. The zero-order chi connectivity index (χ0) is 8.27. The fraction of sp³-hybridized carbons (Fsp3) is 1.00. The highest BCUT2D eigenvalue weighted by Crippen LogP contribution is 2.38. The molecule has 2 N–H and O–H groups in total. The monoisotopic (exact) mass is 156 g/mol. The molecule has 1 rings (SSSR count). The molecule has 1 unspecified atom stereocenters. The van der Waals surface area contributed by atoms with Gasteiger partial charge in [0.1, 0.15) is 0 Å². The van der Waals surface area contributed by atoms with Crippen LogP contribution in [0.15, 0.2) is 0 Å². The van der Waals surface area contributed by atoms with Crippen LogP contribution in [0.5, 0.6) is 0 Å². The number of hydrogen-bond donors (Lipinski definition) is 1. The molecule has 1 saturated carbocycles. The summed E-state index contributed by atoms with van der Waals surface area (Å²) < 4.78 is 0. The summed E-state index contributed by atoms with van der Waals surface area (Å²) in [6.07, 6.45) is 5.55. The van der Waals surface area contributed by atoms with Crippen LogP contribution in [0.25, 0.3) is 0 Å². The molecule has 0 bridgehead atoms. The van der Waals surface area contributed by atoms with Gasteiger partial charge in [0.05, 0.1) is 0 Å². The van der Waals surface area contributed by atoms with Crippen molar-refractivity contribution in [1.29, 1.82) is 0 Å². The Kier molecular flexibility index (Phi) is 3.34. The van der Waals surface area contributed by atoms with Gasteiger partial charge in [-0.15, -0.1) is 0 Å². The molecule has 0 saturated heterocycles. The molecule has 0 aromatic heterocycles. The Balaban J connectivity index is 1.93. The maximum Gasteiger partial charge on any atom is 0.0125 e. The van der Waals surface area contributed by atoms with E-state index in [9.17, 15) is 0 Å². The van der Waals surface area contributed by atoms with Gasteiger partial charge in [-0.25, -0.2) is 0 Å². The highest BCUT2D eigenvalue weighted by molar-refractivity contribution is 4.78. The third-order valence-electron chi connectivity index (χ3n) is 2.60. The standard InChI is InChI=1S/C9H20N2/c1-8(9-5-6-9)4-3-7-11(2)10/h8-9H,3-7,10H2,1-2H3. The topological polar surface area (TPSA) is 29.3 Å². The van der Waals surface area contributed by atoms with Crippen LogP contribution in [-0.2, 0) is 0 Å². The van der Waals surface area contributed by atoms with Crippen LogP contribution in [0, 0.1) is 11.8 Å². The van der Waals surface area contributed by atoms with Gasteiger partial charge in [-0.3, -0.25) is 10.9 Å². The van der Waals surface area contributed by atoms with Gasteiger partial charge in [-0.1, -0.05) is 6.92 Å². The van der Waals surface area contributed by atoms with E-state index in [1.165, 1.54) is 25.7 Å². The van der Waals surface area contributed by atoms with E-state index in [0.29, 0.717) is 0 Å². The number of nitrogens with two attached hydrogens (primary N) is 1. The molecule has 11 heavy (non-hydrogen) atoms.